The summed E-state index contributed by atoms with van der Waals surface area (Å²) in [6.45, 7) is 2.07. The molecular formula is C15H18FN3OS. The predicted octanol–water partition coefficient (Wildman–Crippen LogP) is 3.60. The second-order valence-corrected chi connectivity index (χ2v) is 5.61. The minimum Gasteiger partial charge on any atom is -0.372 e. The molecule has 112 valence electrons. The van der Waals surface area contributed by atoms with Crippen molar-refractivity contribution in [3.63, 3.8) is 0 Å². The van der Waals surface area contributed by atoms with Gasteiger partial charge in [0.25, 0.3) is 5.91 Å². The fourth-order valence-corrected chi connectivity index (χ4v) is 2.92. The topological polar surface area (TPSA) is 54.0 Å². The molecule has 0 radical (unpaired) electrons. The molecule has 1 atom stereocenters. The van der Waals surface area contributed by atoms with Gasteiger partial charge in [-0.15, -0.1) is 11.3 Å². The van der Waals surface area contributed by atoms with E-state index >= 15 is 0 Å². The molecule has 0 aliphatic heterocycles. The number of thiophene rings is 1. The van der Waals surface area contributed by atoms with E-state index in [4.69, 9.17) is 0 Å². The Balaban J connectivity index is 2.21. The first kappa shape index (κ1) is 15.4. The average molecular weight is 307 g/mol. The monoisotopic (exact) mass is 307 g/mol. The molecule has 0 fully saturated rings. The number of halogens is 1. The van der Waals surface area contributed by atoms with Gasteiger partial charge in [0, 0.05) is 11.9 Å². The van der Waals surface area contributed by atoms with E-state index in [0.29, 0.717) is 5.82 Å². The van der Waals surface area contributed by atoms with Gasteiger partial charge >= 0.3 is 0 Å². The van der Waals surface area contributed by atoms with Crippen LogP contribution in [0.3, 0.4) is 0 Å². The highest BCUT2D eigenvalue weighted by Crippen LogP contribution is 2.24. The van der Waals surface area contributed by atoms with Crippen LogP contribution in [0.15, 0.2) is 29.8 Å². The van der Waals surface area contributed by atoms with E-state index < -0.39 is 5.82 Å². The summed E-state index contributed by atoms with van der Waals surface area (Å²) >= 11 is 1.60. The van der Waals surface area contributed by atoms with Crippen molar-refractivity contribution in [2.24, 2.45) is 0 Å². The molecule has 4 nitrogen and oxygen atoms in total. The van der Waals surface area contributed by atoms with Crippen LogP contribution >= 0.6 is 11.3 Å². The number of rotatable bonds is 6. The van der Waals surface area contributed by atoms with E-state index in [9.17, 15) is 9.18 Å². The third-order valence-corrected chi connectivity index (χ3v) is 4.09. The van der Waals surface area contributed by atoms with Crippen molar-refractivity contribution in [3.05, 3.63) is 46.0 Å². The zero-order chi connectivity index (χ0) is 15.2. The second kappa shape index (κ2) is 7.17. The molecule has 0 aromatic carbocycles. The van der Waals surface area contributed by atoms with Gasteiger partial charge < -0.3 is 10.6 Å². The molecule has 0 aliphatic rings. The van der Waals surface area contributed by atoms with Gasteiger partial charge in [-0.1, -0.05) is 19.4 Å². The van der Waals surface area contributed by atoms with E-state index in [2.05, 4.69) is 22.5 Å². The molecule has 0 spiro atoms. The SMILES string of the molecule is CCCC(NC(=O)c1cc(F)cnc1NC)c1cccs1. The van der Waals surface area contributed by atoms with Gasteiger partial charge in [0.2, 0.25) is 0 Å². The summed E-state index contributed by atoms with van der Waals surface area (Å²) in [6, 6.07) is 5.09. The van der Waals surface area contributed by atoms with Gasteiger partial charge in [-0.25, -0.2) is 9.37 Å². The van der Waals surface area contributed by atoms with Crippen LogP contribution < -0.4 is 10.6 Å². The van der Waals surface area contributed by atoms with Gasteiger partial charge in [0.15, 0.2) is 0 Å². The Labute approximate surface area is 127 Å². The van der Waals surface area contributed by atoms with Crippen LogP contribution in [0.2, 0.25) is 0 Å². The Morgan fingerprint density at radius 1 is 1.52 bits per heavy atom. The number of aromatic nitrogens is 1. The first-order valence-corrected chi connectivity index (χ1v) is 7.71. The molecule has 2 aromatic heterocycles. The molecule has 2 N–H and O–H groups in total. The van der Waals surface area contributed by atoms with Crippen LogP contribution in [0.1, 0.15) is 41.0 Å². The number of hydrogen-bond acceptors (Lipinski definition) is 4. The van der Waals surface area contributed by atoms with E-state index in [1.54, 1.807) is 18.4 Å². The maximum absolute atomic E-state index is 13.3. The van der Waals surface area contributed by atoms with Crippen molar-refractivity contribution in [2.45, 2.75) is 25.8 Å². The number of amides is 1. The summed E-state index contributed by atoms with van der Waals surface area (Å²) in [5.74, 6) is -0.476. The molecule has 0 aliphatic carbocycles. The first-order valence-electron chi connectivity index (χ1n) is 6.83. The van der Waals surface area contributed by atoms with Crippen LogP contribution in [-0.4, -0.2) is 17.9 Å². The van der Waals surface area contributed by atoms with E-state index in [1.807, 2.05) is 17.5 Å². The Morgan fingerprint density at radius 2 is 2.33 bits per heavy atom. The largest absolute Gasteiger partial charge is 0.372 e. The predicted molar refractivity (Wildman–Crippen MR) is 83.2 cm³/mol. The number of hydrogen-bond donors (Lipinski definition) is 2. The molecule has 1 unspecified atom stereocenters. The summed E-state index contributed by atoms with van der Waals surface area (Å²) in [5, 5.41) is 7.75. The summed E-state index contributed by atoms with van der Waals surface area (Å²) < 4.78 is 13.3. The van der Waals surface area contributed by atoms with Crippen molar-refractivity contribution < 1.29 is 9.18 Å². The quantitative estimate of drug-likeness (QED) is 0.857. The lowest BCUT2D eigenvalue weighted by Gasteiger charge is -2.17. The van der Waals surface area contributed by atoms with Crippen molar-refractivity contribution in [2.75, 3.05) is 12.4 Å². The number of carbonyl (C=O) groups excluding carboxylic acids is 1. The average Bonchev–Trinajstić information content (AvgIpc) is 3.00. The molecule has 2 aromatic rings. The molecule has 21 heavy (non-hydrogen) atoms. The maximum atomic E-state index is 13.3. The Bertz CT molecular complexity index is 601. The molecule has 0 saturated heterocycles. The van der Waals surface area contributed by atoms with Gasteiger partial charge in [-0.05, 0) is 23.9 Å². The Morgan fingerprint density at radius 3 is 2.95 bits per heavy atom. The highest BCUT2D eigenvalue weighted by Gasteiger charge is 2.19. The lowest BCUT2D eigenvalue weighted by Crippen LogP contribution is -2.29. The highest BCUT2D eigenvalue weighted by atomic mass is 32.1. The molecule has 0 bridgehead atoms. The van der Waals surface area contributed by atoms with Crippen molar-refractivity contribution in [1.82, 2.24) is 10.3 Å². The van der Waals surface area contributed by atoms with Gasteiger partial charge in [-0.3, -0.25) is 4.79 Å². The van der Waals surface area contributed by atoms with Gasteiger partial charge in [0.05, 0.1) is 17.8 Å². The lowest BCUT2D eigenvalue weighted by molar-refractivity contribution is 0.0935. The minimum atomic E-state index is -0.526. The maximum Gasteiger partial charge on any atom is 0.255 e. The number of carbonyl (C=O) groups is 1. The highest BCUT2D eigenvalue weighted by molar-refractivity contribution is 7.10. The Kier molecular flexibility index (Phi) is 5.27. The van der Waals surface area contributed by atoms with Crippen LogP contribution in [0.25, 0.3) is 0 Å². The van der Waals surface area contributed by atoms with E-state index in [1.165, 1.54) is 6.07 Å². The van der Waals surface area contributed by atoms with Crippen molar-refractivity contribution >= 4 is 23.1 Å². The van der Waals surface area contributed by atoms with Crippen LogP contribution in [0, 0.1) is 5.82 Å². The van der Waals surface area contributed by atoms with Crippen LogP contribution in [0.5, 0.6) is 0 Å². The fraction of sp³-hybridized carbons (Fsp3) is 0.333. The van der Waals surface area contributed by atoms with E-state index in [0.717, 1.165) is 23.9 Å². The first-order chi connectivity index (χ1) is 10.2. The molecular weight excluding hydrogens is 289 g/mol. The van der Waals surface area contributed by atoms with Crippen molar-refractivity contribution in [3.8, 4) is 0 Å². The molecule has 0 saturated carbocycles. The summed E-state index contributed by atoms with van der Waals surface area (Å²) in [4.78, 5) is 17.4. The van der Waals surface area contributed by atoms with Gasteiger partial charge in [-0.2, -0.15) is 0 Å². The summed E-state index contributed by atoms with van der Waals surface area (Å²) in [5.41, 5.74) is 0.218. The standard InChI is InChI=1S/C15H18FN3OS/c1-3-5-12(13-6-4-7-21-13)19-15(20)11-8-10(16)9-18-14(11)17-2/h4,6-9,12H,3,5H2,1-2H3,(H,17,18)(H,19,20). The minimum absolute atomic E-state index is 0.0597. The molecule has 1 amide bonds. The third kappa shape index (κ3) is 3.78. The zero-order valence-corrected chi connectivity index (χ0v) is 12.8. The number of nitrogens with zero attached hydrogens (tertiary/aromatic N) is 1. The fourth-order valence-electron chi connectivity index (χ4n) is 2.11. The van der Waals surface area contributed by atoms with Crippen LogP contribution in [-0.2, 0) is 0 Å². The number of nitrogens with one attached hydrogen (secondary N) is 2. The molecule has 2 rings (SSSR count). The van der Waals surface area contributed by atoms with Crippen molar-refractivity contribution in [1.29, 1.82) is 0 Å². The summed E-state index contributed by atoms with van der Waals surface area (Å²) in [7, 11) is 1.65. The van der Waals surface area contributed by atoms with E-state index in [-0.39, 0.29) is 17.5 Å². The third-order valence-electron chi connectivity index (χ3n) is 3.11. The number of pyridine rings is 1. The van der Waals surface area contributed by atoms with Crippen LogP contribution in [0.4, 0.5) is 10.2 Å². The summed E-state index contributed by atoms with van der Waals surface area (Å²) in [6.07, 6.45) is 2.87. The van der Waals surface area contributed by atoms with Gasteiger partial charge in [0.1, 0.15) is 11.6 Å². The Hall–Kier alpha value is -1.95. The molecule has 2 heterocycles. The normalized spacial score (nSPS) is 12.0. The smallest absolute Gasteiger partial charge is 0.255 e. The zero-order valence-electron chi connectivity index (χ0n) is 12.0. The second-order valence-electron chi connectivity index (χ2n) is 4.63. The lowest BCUT2D eigenvalue weighted by atomic mass is 10.1. The number of anilines is 1. The molecule has 6 heteroatoms.